The van der Waals surface area contributed by atoms with Crippen LogP contribution in [0.1, 0.15) is 38.7 Å². The van der Waals surface area contributed by atoms with Crippen LogP contribution in [-0.4, -0.2) is 41.2 Å². The van der Waals surface area contributed by atoms with Crippen LogP contribution < -0.4 is 5.32 Å². The highest BCUT2D eigenvalue weighted by molar-refractivity contribution is 9.10. The predicted octanol–water partition coefficient (Wildman–Crippen LogP) is 3.95. The van der Waals surface area contributed by atoms with E-state index in [1.807, 2.05) is 0 Å². The van der Waals surface area contributed by atoms with E-state index in [0.717, 1.165) is 24.2 Å². The van der Waals surface area contributed by atoms with Gasteiger partial charge in [-0.15, -0.1) is 0 Å². The summed E-state index contributed by atoms with van der Waals surface area (Å²) in [5.41, 5.74) is 1.18. The van der Waals surface area contributed by atoms with E-state index in [9.17, 15) is 19.2 Å². The Morgan fingerprint density at radius 3 is 2.34 bits per heavy atom. The second kappa shape index (κ2) is 8.78. The van der Waals surface area contributed by atoms with E-state index in [2.05, 4.69) is 21.2 Å². The van der Waals surface area contributed by atoms with Crippen LogP contribution in [0.25, 0.3) is 0 Å². The molecule has 9 heteroatoms. The third kappa shape index (κ3) is 3.85. The van der Waals surface area contributed by atoms with E-state index < -0.39 is 24.5 Å². The monoisotopic (exact) mass is 524 g/mol. The summed E-state index contributed by atoms with van der Waals surface area (Å²) in [5, 5.41) is 3.15. The number of likely N-dealkylation sites (tertiary alicyclic amines) is 1. The second-order valence-electron chi connectivity index (χ2n) is 9.31. The number of carbonyl (C=O) groups excluding carboxylic acids is 4. The highest BCUT2D eigenvalue weighted by Crippen LogP contribution is 2.56. The molecule has 172 valence electrons. The minimum Gasteiger partial charge on any atom is -0.454 e. The number of hydrogen-bond donors (Lipinski definition) is 1. The molecule has 2 aliphatic carbocycles. The minimum absolute atomic E-state index is 0.238. The normalized spacial score (nSPS) is 27.1. The lowest BCUT2D eigenvalue weighted by Crippen LogP contribution is -2.50. The number of hydrogen-bond acceptors (Lipinski definition) is 5. The SMILES string of the molecule is Cc1c(NC(=O)COC(=O)[C@@H](C(C)C)N2C(=O)[C@@H]3[C@H]4CC[C@@H](C4)[C@@H]3C2=O)ccc(Br)c1Cl. The van der Waals surface area contributed by atoms with E-state index in [0.29, 0.717) is 20.7 Å². The summed E-state index contributed by atoms with van der Waals surface area (Å²) >= 11 is 9.51. The number of halogens is 2. The zero-order chi connectivity index (χ0) is 23.3. The minimum atomic E-state index is -1.03. The Labute approximate surface area is 200 Å². The number of fused-ring (bicyclic) bond motifs is 5. The van der Waals surface area contributed by atoms with Crippen LogP contribution in [0.3, 0.4) is 0 Å². The number of rotatable bonds is 6. The van der Waals surface area contributed by atoms with Gasteiger partial charge in [0, 0.05) is 10.2 Å². The Balaban J connectivity index is 1.42. The molecule has 1 aromatic carbocycles. The van der Waals surface area contributed by atoms with Gasteiger partial charge in [-0.1, -0.05) is 25.4 Å². The van der Waals surface area contributed by atoms with Crippen molar-refractivity contribution in [3.63, 3.8) is 0 Å². The highest BCUT2D eigenvalue weighted by atomic mass is 79.9. The van der Waals surface area contributed by atoms with Gasteiger partial charge >= 0.3 is 5.97 Å². The Morgan fingerprint density at radius 1 is 1.19 bits per heavy atom. The van der Waals surface area contributed by atoms with Gasteiger partial charge in [-0.25, -0.2) is 4.79 Å². The molecule has 32 heavy (non-hydrogen) atoms. The molecule has 1 aromatic rings. The fraction of sp³-hybridized carbons (Fsp3) is 0.565. The Hall–Kier alpha value is -1.93. The van der Waals surface area contributed by atoms with Crippen molar-refractivity contribution >= 4 is 56.9 Å². The van der Waals surface area contributed by atoms with E-state index >= 15 is 0 Å². The lowest BCUT2D eigenvalue weighted by atomic mass is 9.81. The average Bonchev–Trinajstić information content (AvgIpc) is 3.42. The van der Waals surface area contributed by atoms with Crippen molar-refractivity contribution < 1.29 is 23.9 Å². The molecule has 3 amide bonds. The highest BCUT2D eigenvalue weighted by Gasteiger charge is 2.62. The number of nitrogens with zero attached hydrogens (tertiary/aromatic N) is 1. The number of anilines is 1. The number of benzene rings is 1. The zero-order valence-corrected chi connectivity index (χ0v) is 20.5. The van der Waals surface area contributed by atoms with Crippen molar-refractivity contribution in [1.82, 2.24) is 4.90 Å². The summed E-state index contributed by atoms with van der Waals surface area (Å²) in [6.07, 6.45) is 2.86. The number of imide groups is 1. The largest absolute Gasteiger partial charge is 0.454 e. The van der Waals surface area contributed by atoms with Crippen molar-refractivity contribution in [3.8, 4) is 0 Å². The lowest BCUT2D eigenvalue weighted by Gasteiger charge is -2.28. The van der Waals surface area contributed by atoms with Gasteiger partial charge in [-0.2, -0.15) is 0 Å². The van der Waals surface area contributed by atoms with Crippen molar-refractivity contribution in [2.75, 3.05) is 11.9 Å². The fourth-order valence-corrected chi connectivity index (χ4v) is 6.17. The van der Waals surface area contributed by atoms with E-state index in [-0.39, 0.29) is 41.4 Å². The average molecular weight is 526 g/mol. The molecule has 7 nitrogen and oxygen atoms in total. The summed E-state index contributed by atoms with van der Waals surface area (Å²) < 4.78 is 5.96. The van der Waals surface area contributed by atoms with Crippen molar-refractivity contribution in [3.05, 3.63) is 27.2 Å². The second-order valence-corrected chi connectivity index (χ2v) is 10.5. The van der Waals surface area contributed by atoms with E-state index in [1.54, 1.807) is 32.9 Å². The fourth-order valence-electron chi connectivity index (χ4n) is 5.58. The molecule has 2 saturated carbocycles. The molecule has 3 aliphatic rings. The van der Waals surface area contributed by atoms with Gasteiger partial charge in [0.2, 0.25) is 11.8 Å². The molecule has 0 radical (unpaired) electrons. The number of amides is 3. The van der Waals surface area contributed by atoms with Crippen LogP contribution in [0.5, 0.6) is 0 Å². The Bertz CT molecular complexity index is 969. The molecular weight excluding hydrogens is 500 g/mol. The maximum absolute atomic E-state index is 13.1. The molecular formula is C23H26BrClN2O5. The Kier molecular flexibility index (Phi) is 6.38. The van der Waals surface area contributed by atoms with Gasteiger partial charge < -0.3 is 10.1 Å². The van der Waals surface area contributed by atoms with Gasteiger partial charge in [0.1, 0.15) is 6.04 Å². The molecule has 1 heterocycles. The van der Waals surface area contributed by atoms with Crippen LogP contribution in [0, 0.1) is 36.5 Å². The summed E-state index contributed by atoms with van der Waals surface area (Å²) in [5.74, 6) is -2.25. The topological polar surface area (TPSA) is 92.8 Å². The van der Waals surface area contributed by atoms with Crippen LogP contribution in [0.4, 0.5) is 5.69 Å². The van der Waals surface area contributed by atoms with Crippen LogP contribution >= 0.6 is 27.5 Å². The quantitative estimate of drug-likeness (QED) is 0.448. The summed E-state index contributed by atoms with van der Waals surface area (Å²) in [4.78, 5) is 52.6. The summed E-state index contributed by atoms with van der Waals surface area (Å²) in [6, 6.07) is 2.37. The third-order valence-electron chi connectivity index (χ3n) is 7.07. The standard InChI is InChI=1S/C23H26BrClN2O5/c1-10(2)20(27-21(29)17-12-4-5-13(8-12)18(17)22(27)30)23(31)32-9-16(28)26-15-7-6-14(24)19(25)11(15)3/h6-7,10,12-13,17-18,20H,4-5,8-9H2,1-3H3,(H,26,28)/t12-,13-,17-,18+,20+/m0/s1. The van der Waals surface area contributed by atoms with Crippen LogP contribution in [0.15, 0.2) is 16.6 Å². The smallest absolute Gasteiger partial charge is 0.330 e. The van der Waals surface area contributed by atoms with Gasteiger partial charge in [0.25, 0.3) is 5.91 Å². The van der Waals surface area contributed by atoms with Crippen LogP contribution in [-0.2, 0) is 23.9 Å². The summed E-state index contributed by atoms with van der Waals surface area (Å²) in [6.45, 7) is 4.77. The molecule has 0 spiro atoms. The number of esters is 1. The molecule has 4 rings (SSSR count). The third-order valence-corrected chi connectivity index (χ3v) is 8.45. The van der Waals surface area contributed by atoms with Crippen LogP contribution in [0.2, 0.25) is 5.02 Å². The molecule has 1 N–H and O–H groups in total. The van der Waals surface area contributed by atoms with Gasteiger partial charge in [-0.05, 0) is 77.6 Å². The van der Waals surface area contributed by atoms with E-state index in [4.69, 9.17) is 16.3 Å². The molecule has 1 saturated heterocycles. The molecule has 1 aliphatic heterocycles. The zero-order valence-electron chi connectivity index (χ0n) is 18.2. The molecule has 0 aromatic heterocycles. The molecule has 3 fully saturated rings. The molecule has 5 atom stereocenters. The Morgan fingerprint density at radius 2 is 1.78 bits per heavy atom. The van der Waals surface area contributed by atoms with Gasteiger partial charge in [0.05, 0.1) is 16.9 Å². The van der Waals surface area contributed by atoms with E-state index in [1.165, 1.54) is 0 Å². The first kappa shape index (κ1) is 23.2. The molecule has 2 bridgehead atoms. The molecule has 0 unspecified atom stereocenters. The van der Waals surface area contributed by atoms with Gasteiger partial charge in [-0.3, -0.25) is 19.3 Å². The first-order valence-corrected chi connectivity index (χ1v) is 12.1. The van der Waals surface area contributed by atoms with Crippen molar-refractivity contribution in [2.24, 2.45) is 29.6 Å². The van der Waals surface area contributed by atoms with Crippen molar-refractivity contribution in [2.45, 2.75) is 46.1 Å². The maximum atomic E-state index is 13.1. The number of nitrogens with one attached hydrogen (secondary N) is 1. The van der Waals surface area contributed by atoms with Crippen molar-refractivity contribution in [1.29, 1.82) is 0 Å². The predicted molar refractivity (Wildman–Crippen MR) is 122 cm³/mol. The van der Waals surface area contributed by atoms with Gasteiger partial charge in [0.15, 0.2) is 6.61 Å². The summed E-state index contributed by atoms with van der Waals surface area (Å²) in [7, 11) is 0. The first-order valence-electron chi connectivity index (χ1n) is 10.9. The number of ether oxygens (including phenoxy) is 1. The lowest BCUT2D eigenvalue weighted by molar-refractivity contribution is -0.162. The number of carbonyl (C=O) groups is 4. The maximum Gasteiger partial charge on any atom is 0.330 e. The first-order chi connectivity index (χ1) is 15.1.